The van der Waals surface area contributed by atoms with E-state index in [0.29, 0.717) is 19.6 Å². The van der Waals surface area contributed by atoms with Gasteiger partial charge in [0.15, 0.2) is 0 Å². The van der Waals surface area contributed by atoms with E-state index in [1.165, 1.54) is 24.9 Å². The van der Waals surface area contributed by atoms with Gasteiger partial charge in [0.1, 0.15) is 5.75 Å². The second kappa shape index (κ2) is 18.4. The SMILES string of the molecule is CCC(=O)OCCCCCCCCCOc1ccc(N=Nc2ccc(N=Nc3ccc(N4CCOCC4)cc3)cc2)cc1. The Morgan fingerprint density at radius 2 is 1.09 bits per heavy atom. The maximum Gasteiger partial charge on any atom is 0.305 e. The van der Waals surface area contributed by atoms with Crippen LogP contribution in [0.15, 0.2) is 93.3 Å². The molecule has 0 radical (unpaired) electrons. The average Bonchev–Trinajstić information content (AvgIpc) is 3.06. The fraction of sp³-hybridized carbons (Fsp3) is 0.441. The number of rotatable bonds is 17. The minimum absolute atomic E-state index is 0.108. The summed E-state index contributed by atoms with van der Waals surface area (Å²) in [4.78, 5) is 13.4. The lowest BCUT2D eigenvalue weighted by Crippen LogP contribution is -2.36. The van der Waals surface area contributed by atoms with Crippen molar-refractivity contribution in [3.8, 4) is 5.75 Å². The molecule has 0 amide bonds. The van der Waals surface area contributed by atoms with Crippen molar-refractivity contribution in [2.75, 3.05) is 44.4 Å². The summed E-state index contributed by atoms with van der Waals surface area (Å²) in [6, 6.07) is 23.3. The smallest absolute Gasteiger partial charge is 0.305 e. The average molecular weight is 586 g/mol. The molecule has 3 aromatic carbocycles. The molecular formula is C34H43N5O4. The molecule has 0 bridgehead atoms. The summed E-state index contributed by atoms with van der Waals surface area (Å²) in [6.07, 6.45) is 8.29. The van der Waals surface area contributed by atoms with Crippen LogP contribution in [0.5, 0.6) is 5.75 Å². The van der Waals surface area contributed by atoms with E-state index in [9.17, 15) is 4.79 Å². The Morgan fingerprint density at radius 1 is 0.651 bits per heavy atom. The first-order chi connectivity index (χ1) is 21.2. The van der Waals surface area contributed by atoms with Crippen LogP contribution in [0.3, 0.4) is 0 Å². The molecule has 4 rings (SSSR count). The van der Waals surface area contributed by atoms with Crippen molar-refractivity contribution in [3.63, 3.8) is 0 Å². The van der Waals surface area contributed by atoms with Crippen LogP contribution in [-0.2, 0) is 14.3 Å². The molecule has 3 aromatic rings. The molecule has 0 saturated carbocycles. The number of morpholine rings is 1. The Balaban J connectivity index is 1.10. The molecule has 0 aromatic heterocycles. The fourth-order valence-electron chi connectivity index (χ4n) is 4.54. The van der Waals surface area contributed by atoms with Crippen LogP contribution in [0.2, 0.25) is 0 Å². The topological polar surface area (TPSA) is 97.4 Å². The van der Waals surface area contributed by atoms with Crippen LogP contribution in [0.4, 0.5) is 28.4 Å². The van der Waals surface area contributed by atoms with E-state index >= 15 is 0 Å². The molecule has 1 aliphatic heterocycles. The van der Waals surface area contributed by atoms with Crippen LogP contribution in [0.1, 0.15) is 58.3 Å². The Hall–Kier alpha value is -4.11. The molecule has 1 heterocycles. The molecule has 0 aliphatic carbocycles. The zero-order chi connectivity index (χ0) is 30.0. The summed E-state index contributed by atoms with van der Waals surface area (Å²) in [5, 5.41) is 17.4. The maximum absolute atomic E-state index is 11.1. The van der Waals surface area contributed by atoms with E-state index in [-0.39, 0.29) is 5.97 Å². The van der Waals surface area contributed by atoms with Crippen molar-refractivity contribution in [2.24, 2.45) is 20.5 Å². The lowest BCUT2D eigenvalue weighted by Gasteiger charge is -2.28. The summed E-state index contributed by atoms with van der Waals surface area (Å²) in [6.45, 7) is 6.43. The Labute approximate surface area is 255 Å². The highest BCUT2D eigenvalue weighted by Gasteiger charge is 2.10. The summed E-state index contributed by atoms with van der Waals surface area (Å²) in [7, 11) is 0. The zero-order valence-corrected chi connectivity index (χ0v) is 25.2. The molecule has 0 spiro atoms. The van der Waals surface area contributed by atoms with Crippen LogP contribution >= 0.6 is 0 Å². The number of hydrogen-bond donors (Lipinski definition) is 0. The molecule has 1 aliphatic rings. The van der Waals surface area contributed by atoms with Crippen LogP contribution in [-0.4, -0.2) is 45.5 Å². The molecule has 1 saturated heterocycles. The van der Waals surface area contributed by atoms with Crippen LogP contribution in [0.25, 0.3) is 0 Å². The third-order valence-corrected chi connectivity index (χ3v) is 7.08. The monoisotopic (exact) mass is 585 g/mol. The van der Waals surface area contributed by atoms with Crippen molar-refractivity contribution in [1.29, 1.82) is 0 Å². The Kier molecular flexibility index (Phi) is 13.6. The van der Waals surface area contributed by atoms with Gasteiger partial charge in [-0.25, -0.2) is 0 Å². The molecule has 9 heteroatoms. The standard InChI is InChI=1S/C34H43N5O4/c1-2-34(40)43-25-9-7-5-3-4-6-8-24-42-33-20-16-31(17-21-33)38-36-29-12-10-28(11-13-29)35-37-30-14-18-32(19-15-30)39-22-26-41-27-23-39/h10-21H,2-9,22-27H2,1H3. The van der Waals surface area contributed by atoms with Gasteiger partial charge in [0, 0.05) is 25.2 Å². The van der Waals surface area contributed by atoms with Crippen molar-refractivity contribution in [2.45, 2.75) is 58.3 Å². The molecule has 0 N–H and O–H groups in total. The predicted molar refractivity (Wildman–Crippen MR) is 170 cm³/mol. The van der Waals surface area contributed by atoms with E-state index in [1.54, 1.807) is 0 Å². The van der Waals surface area contributed by atoms with E-state index in [1.807, 2.05) is 67.6 Å². The third-order valence-electron chi connectivity index (χ3n) is 7.08. The highest BCUT2D eigenvalue weighted by molar-refractivity contribution is 5.68. The normalized spacial score (nSPS) is 13.6. The van der Waals surface area contributed by atoms with Gasteiger partial charge < -0.3 is 19.1 Å². The van der Waals surface area contributed by atoms with Gasteiger partial charge in [-0.3, -0.25) is 4.79 Å². The van der Waals surface area contributed by atoms with Gasteiger partial charge in [-0.15, -0.1) is 0 Å². The summed E-state index contributed by atoms with van der Waals surface area (Å²) in [5.74, 6) is 0.731. The van der Waals surface area contributed by atoms with E-state index in [4.69, 9.17) is 14.2 Å². The number of benzene rings is 3. The Morgan fingerprint density at radius 3 is 1.60 bits per heavy atom. The second-order valence-corrected chi connectivity index (χ2v) is 10.4. The maximum atomic E-state index is 11.1. The van der Waals surface area contributed by atoms with Gasteiger partial charge in [0.25, 0.3) is 0 Å². The van der Waals surface area contributed by atoms with Crippen LogP contribution in [0, 0.1) is 0 Å². The molecule has 228 valence electrons. The number of nitrogens with zero attached hydrogens (tertiary/aromatic N) is 5. The number of hydrogen-bond acceptors (Lipinski definition) is 9. The van der Waals surface area contributed by atoms with Gasteiger partial charge in [0.2, 0.25) is 0 Å². The van der Waals surface area contributed by atoms with Gasteiger partial charge in [-0.05, 0) is 85.6 Å². The number of azo groups is 2. The molecule has 9 nitrogen and oxygen atoms in total. The summed E-state index contributed by atoms with van der Waals surface area (Å²) >= 11 is 0. The zero-order valence-electron chi connectivity index (χ0n) is 25.2. The first kappa shape index (κ1) is 31.8. The van der Waals surface area contributed by atoms with Crippen molar-refractivity contribution in [3.05, 3.63) is 72.8 Å². The lowest BCUT2D eigenvalue weighted by atomic mass is 10.1. The molecular weight excluding hydrogens is 542 g/mol. The molecule has 0 atom stereocenters. The highest BCUT2D eigenvalue weighted by Crippen LogP contribution is 2.26. The Bertz CT molecular complexity index is 1270. The summed E-state index contributed by atoms with van der Waals surface area (Å²) < 4.78 is 16.4. The van der Waals surface area contributed by atoms with Gasteiger partial charge in [0.05, 0.1) is 49.2 Å². The first-order valence-electron chi connectivity index (χ1n) is 15.4. The highest BCUT2D eigenvalue weighted by atomic mass is 16.5. The number of anilines is 1. The number of carbonyl (C=O) groups is 1. The number of carbonyl (C=O) groups excluding carboxylic acids is 1. The van der Waals surface area contributed by atoms with Crippen molar-refractivity contribution >= 4 is 34.4 Å². The van der Waals surface area contributed by atoms with E-state index in [0.717, 1.165) is 80.5 Å². The molecule has 43 heavy (non-hydrogen) atoms. The van der Waals surface area contributed by atoms with Crippen molar-refractivity contribution < 1.29 is 19.0 Å². The number of ether oxygens (including phenoxy) is 3. The molecule has 1 fully saturated rings. The van der Waals surface area contributed by atoms with Gasteiger partial charge in [-0.1, -0.05) is 39.0 Å². The quantitative estimate of drug-likeness (QED) is 0.0893. The minimum Gasteiger partial charge on any atom is -0.494 e. The van der Waals surface area contributed by atoms with E-state index < -0.39 is 0 Å². The van der Waals surface area contributed by atoms with Gasteiger partial charge >= 0.3 is 5.97 Å². The first-order valence-corrected chi connectivity index (χ1v) is 15.4. The lowest BCUT2D eigenvalue weighted by molar-refractivity contribution is -0.143. The van der Waals surface area contributed by atoms with Crippen LogP contribution < -0.4 is 9.64 Å². The third kappa shape index (κ3) is 12.0. The van der Waals surface area contributed by atoms with E-state index in [2.05, 4.69) is 37.5 Å². The van der Waals surface area contributed by atoms with Gasteiger partial charge in [-0.2, -0.15) is 20.5 Å². The minimum atomic E-state index is -0.108. The molecule has 0 unspecified atom stereocenters. The summed E-state index contributed by atoms with van der Waals surface area (Å²) in [5.41, 5.74) is 4.25. The van der Waals surface area contributed by atoms with Crippen molar-refractivity contribution in [1.82, 2.24) is 0 Å². The largest absolute Gasteiger partial charge is 0.494 e. The predicted octanol–water partition coefficient (Wildman–Crippen LogP) is 9.42. The number of esters is 1. The second-order valence-electron chi connectivity index (χ2n) is 10.4. The fourth-order valence-corrected chi connectivity index (χ4v) is 4.54. The number of unbranched alkanes of at least 4 members (excludes halogenated alkanes) is 6.